The summed E-state index contributed by atoms with van der Waals surface area (Å²) in [5.74, 6) is -2.21. The molecular formula is C31H30N2O4. The van der Waals surface area contributed by atoms with Gasteiger partial charge < -0.3 is 14.6 Å². The number of Topliss-reactive ketones (excluding diaryl/α,β-unsaturated/α-hetero) is 1. The van der Waals surface area contributed by atoms with Gasteiger partial charge in [-0.3, -0.25) is 14.4 Å². The molecule has 0 saturated carbocycles. The van der Waals surface area contributed by atoms with Gasteiger partial charge in [-0.1, -0.05) is 78.9 Å². The SMILES string of the molecule is CC(=O)N(C)CCc1c(C(c2ccccc2)C2C(=O)OC(Cc3ccccc3)C2=O)[nH]c2ccccc12. The van der Waals surface area contributed by atoms with E-state index in [9.17, 15) is 14.4 Å². The molecule has 0 aliphatic carbocycles. The average Bonchev–Trinajstić information content (AvgIpc) is 3.41. The first-order chi connectivity index (χ1) is 17.9. The Morgan fingerprint density at radius 3 is 2.30 bits per heavy atom. The Hall–Kier alpha value is -4.19. The summed E-state index contributed by atoms with van der Waals surface area (Å²) >= 11 is 0. The van der Waals surface area contributed by atoms with Crippen molar-refractivity contribution in [2.45, 2.75) is 31.8 Å². The zero-order valence-corrected chi connectivity index (χ0v) is 21.0. The van der Waals surface area contributed by atoms with Gasteiger partial charge in [-0.25, -0.2) is 0 Å². The predicted octanol–water partition coefficient (Wildman–Crippen LogP) is 4.67. The van der Waals surface area contributed by atoms with Crippen LogP contribution in [-0.4, -0.2) is 47.2 Å². The third-order valence-electron chi connectivity index (χ3n) is 7.28. The minimum absolute atomic E-state index is 0.0145. The van der Waals surface area contributed by atoms with Crippen molar-refractivity contribution in [2.75, 3.05) is 13.6 Å². The summed E-state index contributed by atoms with van der Waals surface area (Å²) in [4.78, 5) is 44.2. The highest BCUT2D eigenvalue weighted by Crippen LogP contribution is 2.41. The molecule has 37 heavy (non-hydrogen) atoms. The van der Waals surface area contributed by atoms with Crippen molar-refractivity contribution < 1.29 is 19.1 Å². The first-order valence-electron chi connectivity index (χ1n) is 12.6. The summed E-state index contributed by atoms with van der Waals surface area (Å²) in [5.41, 5.74) is 4.57. The fraction of sp³-hybridized carbons (Fsp3) is 0.258. The molecule has 3 aromatic carbocycles. The van der Waals surface area contributed by atoms with Crippen molar-refractivity contribution in [3.8, 4) is 0 Å². The summed E-state index contributed by atoms with van der Waals surface area (Å²) in [5, 5.41) is 1.02. The summed E-state index contributed by atoms with van der Waals surface area (Å²) in [6, 6.07) is 27.2. The van der Waals surface area contributed by atoms with Crippen LogP contribution in [0.1, 0.15) is 35.2 Å². The third kappa shape index (κ3) is 4.92. The molecule has 5 rings (SSSR count). The number of nitrogens with one attached hydrogen (secondary N) is 1. The van der Waals surface area contributed by atoms with Gasteiger partial charge in [0.2, 0.25) is 5.91 Å². The van der Waals surface area contributed by atoms with Crippen LogP contribution >= 0.6 is 0 Å². The number of carbonyl (C=O) groups excluding carboxylic acids is 3. The van der Waals surface area contributed by atoms with Gasteiger partial charge in [-0.05, 0) is 29.2 Å². The molecule has 188 valence electrons. The number of fused-ring (bicyclic) bond motifs is 1. The lowest BCUT2D eigenvalue weighted by molar-refractivity contribution is -0.144. The van der Waals surface area contributed by atoms with Gasteiger partial charge in [0, 0.05) is 49.5 Å². The third-order valence-corrected chi connectivity index (χ3v) is 7.28. The molecule has 1 amide bonds. The number of benzene rings is 3. The predicted molar refractivity (Wildman–Crippen MR) is 142 cm³/mol. The first kappa shape index (κ1) is 24.5. The van der Waals surface area contributed by atoms with E-state index in [1.165, 1.54) is 0 Å². The number of hydrogen-bond acceptors (Lipinski definition) is 4. The molecular weight excluding hydrogens is 464 g/mol. The monoisotopic (exact) mass is 494 g/mol. The number of aromatic amines is 1. The second-order valence-electron chi connectivity index (χ2n) is 9.64. The Labute approximate surface area is 216 Å². The molecule has 6 nitrogen and oxygen atoms in total. The highest BCUT2D eigenvalue weighted by atomic mass is 16.6. The normalized spacial score (nSPS) is 18.1. The van der Waals surface area contributed by atoms with Gasteiger partial charge in [0.15, 0.2) is 11.9 Å². The number of amides is 1. The number of ether oxygens (including phenoxy) is 1. The van der Waals surface area contributed by atoms with E-state index in [0.717, 1.165) is 33.3 Å². The second kappa shape index (κ2) is 10.4. The molecule has 2 heterocycles. The van der Waals surface area contributed by atoms with Gasteiger partial charge in [0.05, 0.1) is 0 Å². The number of likely N-dealkylation sites (N-methyl/N-ethyl adjacent to an activating group) is 1. The quantitative estimate of drug-likeness (QED) is 0.285. The van der Waals surface area contributed by atoms with Gasteiger partial charge in [-0.15, -0.1) is 0 Å². The van der Waals surface area contributed by atoms with Gasteiger partial charge >= 0.3 is 5.97 Å². The van der Waals surface area contributed by atoms with Crippen LogP contribution in [0.15, 0.2) is 84.9 Å². The lowest BCUT2D eigenvalue weighted by atomic mass is 9.79. The van der Waals surface area contributed by atoms with Gasteiger partial charge in [0.1, 0.15) is 5.92 Å². The Balaban J connectivity index is 1.58. The molecule has 1 aliphatic heterocycles. The van der Waals surface area contributed by atoms with Crippen LogP contribution in [-0.2, 0) is 32.0 Å². The van der Waals surface area contributed by atoms with Crippen LogP contribution in [0.25, 0.3) is 10.9 Å². The van der Waals surface area contributed by atoms with Gasteiger partial charge in [-0.2, -0.15) is 0 Å². The summed E-state index contributed by atoms with van der Waals surface area (Å²) < 4.78 is 5.70. The maximum absolute atomic E-state index is 13.8. The minimum Gasteiger partial charge on any atom is -0.453 e. The first-order valence-corrected chi connectivity index (χ1v) is 12.6. The van der Waals surface area contributed by atoms with E-state index in [2.05, 4.69) is 4.98 Å². The van der Waals surface area contributed by atoms with Crippen LogP contribution in [0.3, 0.4) is 0 Å². The molecule has 1 aromatic heterocycles. The lowest BCUT2D eigenvalue weighted by Crippen LogP contribution is -2.30. The molecule has 0 radical (unpaired) electrons. The molecule has 0 bridgehead atoms. The van der Waals surface area contributed by atoms with Crippen LogP contribution in [0.5, 0.6) is 0 Å². The van der Waals surface area contributed by atoms with Crippen LogP contribution in [0.2, 0.25) is 0 Å². The van der Waals surface area contributed by atoms with Crippen molar-refractivity contribution in [3.05, 3.63) is 107 Å². The smallest absolute Gasteiger partial charge is 0.318 e. The molecule has 3 unspecified atom stereocenters. The van der Waals surface area contributed by atoms with E-state index < -0.39 is 23.9 Å². The molecule has 1 N–H and O–H groups in total. The van der Waals surface area contributed by atoms with E-state index in [1.807, 2.05) is 84.9 Å². The lowest BCUT2D eigenvalue weighted by Gasteiger charge is -2.22. The number of carbonyl (C=O) groups is 3. The Morgan fingerprint density at radius 1 is 0.946 bits per heavy atom. The fourth-order valence-corrected chi connectivity index (χ4v) is 5.24. The zero-order chi connectivity index (χ0) is 25.9. The van der Waals surface area contributed by atoms with E-state index >= 15 is 0 Å². The Kier molecular flexibility index (Phi) is 6.91. The maximum atomic E-state index is 13.8. The number of esters is 1. The number of rotatable bonds is 8. The summed E-state index contributed by atoms with van der Waals surface area (Å²) in [6.07, 6.45) is 0.122. The average molecular weight is 495 g/mol. The largest absolute Gasteiger partial charge is 0.453 e. The van der Waals surface area contributed by atoms with Crippen molar-refractivity contribution in [2.24, 2.45) is 5.92 Å². The van der Waals surface area contributed by atoms with E-state index in [-0.39, 0.29) is 11.7 Å². The van der Waals surface area contributed by atoms with E-state index in [0.29, 0.717) is 19.4 Å². The minimum atomic E-state index is -0.964. The van der Waals surface area contributed by atoms with E-state index in [1.54, 1.807) is 18.9 Å². The topological polar surface area (TPSA) is 79.5 Å². The number of para-hydroxylation sites is 1. The Morgan fingerprint density at radius 2 is 1.59 bits per heavy atom. The van der Waals surface area contributed by atoms with Gasteiger partial charge in [0.25, 0.3) is 0 Å². The second-order valence-corrected chi connectivity index (χ2v) is 9.64. The van der Waals surface area contributed by atoms with Crippen molar-refractivity contribution in [1.29, 1.82) is 0 Å². The summed E-state index contributed by atoms with van der Waals surface area (Å²) in [6.45, 7) is 2.06. The number of nitrogens with zero attached hydrogens (tertiary/aromatic N) is 1. The van der Waals surface area contributed by atoms with Crippen LogP contribution in [0, 0.1) is 5.92 Å². The zero-order valence-electron chi connectivity index (χ0n) is 21.0. The molecule has 6 heteroatoms. The van der Waals surface area contributed by atoms with Crippen LogP contribution in [0.4, 0.5) is 0 Å². The number of cyclic esters (lactones) is 1. The number of aromatic nitrogens is 1. The molecule has 3 atom stereocenters. The maximum Gasteiger partial charge on any atom is 0.318 e. The number of hydrogen-bond donors (Lipinski definition) is 1. The van der Waals surface area contributed by atoms with E-state index in [4.69, 9.17) is 4.74 Å². The highest BCUT2D eigenvalue weighted by molar-refractivity contribution is 6.08. The number of ketones is 1. The van der Waals surface area contributed by atoms with Crippen molar-refractivity contribution in [1.82, 2.24) is 9.88 Å². The standard InChI is InChI=1S/C31H30N2O4/c1-20(34)33(2)18-17-24-23-15-9-10-16-25(23)32-29(24)27(22-13-7-4-8-14-22)28-30(35)26(37-31(28)36)19-21-11-5-3-6-12-21/h3-16,26-28,32H,17-19H2,1-2H3. The number of H-pyrrole nitrogens is 1. The van der Waals surface area contributed by atoms with Crippen LogP contribution < -0.4 is 0 Å². The molecule has 0 spiro atoms. The van der Waals surface area contributed by atoms with Crippen molar-refractivity contribution >= 4 is 28.6 Å². The molecule has 4 aromatic rings. The highest BCUT2D eigenvalue weighted by Gasteiger charge is 2.49. The molecule has 1 saturated heterocycles. The summed E-state index contributed by atoms with van der Waals surface area (Å²) in [7, 11) is 1.78. The Bertz CT molecular complexity index is 1430. The fourth-order valence-electron chi connectivity index (χ4n) is 5.24. The molecule has 1 aliphatic rings. The molecule has 1 fully saturated rings. The van der Waals surface area contributed by atoms with Crippen molar-refractivity contribution in [3.63, 3.8) is 0 Å².